The highest BCUT2D eigenvalue weighted by molar-refractivity contribution is 7.92. The lowest BCUT2D eigenvalue weighted by Gasteiger charge is -2.29. The molecule has 0 radical (unpaired) electrons. The molecule has 0 fully saturated rings. The number of anilines is 2. The zero-order valence-electron chi connectivity index (χ0n) is 18.0. The van der Waals surface area contributed by atoms with Gasteiger partial charge in [0.05, 0.1) is 32.6 Å². The first kappa shape index (κ1) is 21.9. The second-order valence-electron chi connectivity index (χ2n) is 7.69. The number of nitrogens with zero attached hydrogens (tertiary/aromatic N) is 1. The van der Waals surface area contributed by atoms with Crippen molar-refractivity contribution in [3.63, 3.8) is 0 Å². The monoisotopic (exact) mass is 460 g/mol. The van der Waals surface area contributed by atoms with E-state index >= 15 is 0 Å². The number of sulfonamides is 1. The highest BCUT2D eigenvalue weighted by Crippen LogP contribution is 2.43. The molecule has 2 aromatic rings. The number of hydrogen-bond donors (Lipinski definition) is 1. The van der Waals surface area contributed by atoms with Gasteiger partial charge < -0.3 is 19.5 Å². The summed E-state index contributed by atoms with van der Waals surface area (Å²) in [6, 6.07) is 8.52. The molecule has 0 aromatic heterocycles. The molecule has 2 aliphatic heterocycles. The van der Waals surface area contributed by atoms with Crippen molar-refractivity contribution >= 4 is 33.3 Å². The smallest absolute Gasteiger partial charge is 0.343 e. The molecule has 1 unspecified atom stereocenters. The third kappa shape index (κ3) is 3.97. The molecule has 2 heterocycles. The molecule has 4 rings (SSSR count). The van der Waals surface area contributed by atoms with Gasteiger partial charge in [-0.25, -0.2) is 13.2 Å². The minimum absolute atomic E-state index is 0.0687. The van der Waals surface area contributed by atoms with Crippen molar-refractivity contribution in [2.45, 2.75) is 25.4 Å². The van der Waals surface area contributed by atoms with Crippen molar-refractivity contribution in [1.29, 1.82) is 0 Å². The molecule has 1 N–H and O–H groups in total. The number of rotatable bonds is 6. The Hall–Kier alpha value is -3.27. The topological polar surface area (TPSA) is 111 Å². The third-order valence-corrected chi connectivity index (χ3v) is 6.77. The number of methoxy groups -OCH3 is 2. The molecule has 0 spiro atoms. The van der Waals surface area contributed by atoms with Gasteiger partial charge in [-0.1, -0.05) is 6.07 Å². The summed E-state index contributed by atoms with van der Waals surface area (Å²) < 4.78 is 41.4. The maximum atomic E-state index is 12.7. The van der Waals surface area contributed by atoms with Gasteiger partial charge in [-0.15, -0.1) is 0 Å². The van der Waals surface area contributed by atoms with Crippen LogP contribution in [0.15, 0.2) is 30.3 Å². The number of ether oxygens (including phenoxy) is 3. The fraction of sp³-hybridized carbons (Fsp3) is 0.364. The lowest BCUT2D eigenvalue weighted by atomic mass is 10.0. The van der Waals surface area contributed by atoms with Gasteiger partial charge in [-0.2, -0.15) is 0 Å². The number of hydrogen-bond acceptors (Lipinski definition) is 7. The molecule has 1 atom stereocenters. The van der Waals surface area contributed by atoms with Gasteiger partial charge in [0.1, 0.15) is 11.7 Å². The van der Waals surface area contributed by atoms with Gasteiger partial charge in [-0.05, 0) is 42.7 Å². The summed E-state index contributed by atoms with van der Waals surface area (Å²) in [6.45, 7) is 0.443. The molecule has 2 aromatic carbocycles. The lowest BCUT2D eigenvalue weighted by Crippen LogP contribution is -2.34. The van der Waals surface area contributed by atoms with Crippen LogP contribution in [-0.2, 0) is 26.0 Å². The highest BCUT2D eigenvalue weighted by Gasteiger charge is 2.37. The largest absolute Gasteiger partial charge is 0.493 e. The molecular weight excluding hydrogens is 436 g/mol. The van der Waals surface area contributed by atoms with E-state index in [0.717, 1.165) is 12.0 Å². The van der Waals surface area contributed by atoms with Crippen LogP contribution >= 0.6 is 0 Å². The second kappa shape index (κ2) is 8.34. The first-order valence-electron chi connectivity index (χ1n) is 10.1. The fourth-order valence-electron chi connectivity index (χ4n) is 4.19. The Bertz CT molecular complexity index is 1190. The van der Waals surface area contributed by atoms with Crippen molar-refractivity contribution in [2.24, 2.45) is 0 Å². The number of aryl methyl sites for hydroxylation is 1. The first-order chi connectivity index (χ1) is 15.2. The van der Waals surface area contributed by atoms with E-state index in [2.05, 4.69) is 5.32 Å². The minimum atomic E-state index is -3.36. The molecule has 1 amide bonds. The van der Waals surface area contributed by atoms with Crippen molar-refractivity contribution < 1.29 is 32.2 Å². The normalized spacial score (nSPS) is 17.3. The fourth-order valence-corrected chi connectivity index (χ4v) is 5.19. The Kier molecular flexibility index (Phi) is 5.72. The predicted molar refractivity (Wildman–Crippen MR) is 118 cm³/mol. The number of esters is 1. The Balaban J connectivity index is 1.51. The van der Waals surface area contributed by atoms with Gasteiger partial charge in [0.2, 0.25) is 15.9 Å². The summed E-state index contributed by atoms with van der Waals surface area (Å²) >= 11 is 0. The van der Waals surface area contributed by atoms with Crippen molar-refractivity contribution in [1.82, 2.24) is 0 Å². The summed E-state index contributed by atoms with van der Waals surface area (Å²) in [5.74, 6) is -0.210. The van der Waals surface area contributed by atoms with Crippen LogP contribution in [0.4, 0.5) is 11.4 Å². The van der Waals surface area contributed by atoms with Gasteiger partial charge in [0, 0.05) is 17.8 Å². The molecule has 32 heavy (non-hydrogen) atoms. The van der Waals surface area contributed by atoms with E-state index in [9.17, 15) is 18.0 Å². The van der Waals surface area contributed by atoms with Crippen molar-refractivity contribution in [3.8, 4) is 11.5 Å². The first-order valence-corrected chi connectivity index (χ1v) is 11.9. The molecule has 9 nitrogen and oxygen atoms in total. The van der Waals surface area contributed by atoms with E-state index in [0.29, 0.717) is 35.7 Å². The number of amides is 1. The zero-order valence-corrected chi connectivity index (χ0v) is 18.8. The Morgan fingerprint density at radius 3 is 2.69 bits per heavy atom. The Morgan fingerprint density at radius 1 is 1.22 bits per heavy atom. The number of cyclic esters (lactones) is 1. The lowest BCUT2D eigenvalue weighted by molar-refractivity contribution is -0.118. The summed E-state index contributed by atoms with van der Waals surface area (Å²) in [5.41, 5.74) is 2.88. The van der Waals surface area contributed by atoms with Gasteiger partial charge in [-0.3, -0.25) is 9.10 Å². The number of fused-ring (bicyclic) bond motifs is 2. The van der Waals surface area contributed by atoms with Crippen LogP contribution in [0.3, 0.4) is 0 Å². The molecule has 10 heteroatoms. The van der Waals surface area contributed by atoms with Crippen LogP contribution in [0, 0.1) is 0 Å². The zero-order chi connectivity index (χ0) is 23.0. The van der Waals surface area contributed by atoms with Crippen LogP contribution < -0.4 is 19.1 Å². The van der Waals surface area contributed by atoms with Crippen LogP contribution in [0.1, 0.15) is 40.4 Å². The maximum absolute atomic E-state index is 12.7. The molecule has 0 saturated carbocycles. The van der Waals surface area contributed by atoms with Crippen LogP contribution in [0.25, 0.3) is 0 Å². The number of carbonyl (C=O) groups excluding carboxylic acids is 2. The molecule has 0 saturated heterocycles. The van der Waals surface area contributed by atoms with E-state index in [1.165, 1.54) is 24.8 Å². The standard InChI is InChI=1S/C22H24N2O7S/c1-29-17-9-7-15-18(31-22(26)20(15)21(17)30-2)12-19(25)23-14-6-8-16-13(11-14)5-4-10-24(16)32(3,27)28/h6-9,11,18H,4-5,10,12H2,1-3H3,(H,23,25). The highest BCUT2D eigenvalue weighted by atomic mass is 32.2. The molecule has 0 aliphatic carbocycles. The van der Waals surface area contributed by atoms with E-state index in [1.54, 1.807) is 30.3 Å². The molecule has 2 aliphatic rings. The van der Waals surface area contributed by atoms with E-state index in [1.807, 2.05) is 0 Å². The summed E-state index contributed by atoms with van der Waals surface area (Å²) in [5, 5.41) is 2.82. The van der Waals surface area contributed by atoms with E-state index in [-0.39, 0.29) is 23.6 Å². The van der Waals surface area contributed by atoms with Crippen molar-refractivity contribution in [2.75, 3.05) is 36.6 Å². The van der Waals surface area contributed by atoms with Gasteiger partial charge >= 0.3 is 5.97 Å². The van der Waals surface area contributed by atoms with Crippen molar-refractivity contribution in [3.05, 3.63) is 47.0 Å². The SMILES string of the molecule is COc1ccc2c(c1OC)C(=O)OC2CC(=O)Nc1ccc2c(c1)CCCN2S(C)(=O)=O. The Labute approximate surface area is 186 Å². The molecular formula is C22H24N2O7S. The predicted octanol–water partition coefficient (Wildman–Crippen LogP) is 2.66. The molecule has 170 valence electrons. The van der Waals surface area contributed by atoms with Crippen LogP contribution in [0.5, 0.6) is 11.5 Å². The number of nitrogens with one attached hydrogen (secondary N) is 1. The quantitative estimate of drug-likeness (QED) is 0.660. The van der Waals surface area contributed by atoms with E-state index < -0.39 is 22.1 Å². The number of carbonyl (C=O) groups is 2. The van der Waals surface area contributed by atoms with Gasteiger partial charge in [0.15, 0.2) is 11.5 Å². The average molecular weight is 461 g/mol. The summed E-state index contributed by atoms with van der Waals surface area (Å²) in [7, 11) is -0.445. The van der Waals surface area contributed by atoms with Crippen LogP contribution in [-0.4, -0.2) is 47.3 Å². The summed E-state index contributed by atoms with van der Waals surface area (Å²) in [4.78, 5) is 25.1. The average Bonchev–Trinajstić information content (AvgIpc) is 3.06. The number of benzene rings is 2. The molecule has 0 bridgehead atoms. The summed E-state index contributed by atoms with van der Waals surface area (Å²) in [6.07, 6.45) is 1.80. The second-order valence-corrected chi connectivity index (χ2v) is 9.60. The van der Waals surface area contributed by atoms with Crippen LogP contribution in [0.2, 0.25) is 0 Å². The maximum Gasteiger partial charge on any atom is 0.343 e. The third-order valence-electron chi connectivity index (χ3n) is 5.59. The Morgan fingerprint density at radius 2 is 2.00 bits per heavy atom. The van der Waals surface area contributed by atoms with Gasteiger partial charge in [0.25, 0.3) is 0 Å². The minimum Gasteiger partial charge on any atom is -0.493 e. The van der Waals surface area contributed by atoms with E-state index in [4.69, 9.17) is 14.2 Å².